The second kappa shape index (κ2) is 71.4. The van der Waals surface area contributed by atoms with Gasteiger partial charge in [-0.3, -0.25) is 14.4 Å². The highest BCUT2D eigenvalue weighted by molar-refractivity contribution is 5.71. The number of esters is 3. The van der Waals surface area contributed by atoms with Gasteiger partial charge in [-0.15, -0.1) is 0 Å². The fourth-order valence-electron chi connectivity index (χ4n) is 11.6. The Morgan fingerprint density at radius 1 is 0.244 bits per heavy atom. The van der Waals surface area contributed by atoms with E-state index in [1.165, 1.54) is 321 Å². The summed E-state index contributed by atoms with van der Waals surface area (Å²) in [4.78, 5) is 38.3. The number of carbonyl (C=O) groups is 3. The number of allylic oxidation sites excluding steroid dienone is 4. The molecule has 0 spiro atoms. The van der Waals surface area contributed by atoms with E-state index in [2.05, 4.69) is 45.1 Å². The van der Waals surface area contributed by atoms with Gasteiger partial charge in [0.15, 0.2) is 6.10 Å². The summed E-state index contributed by atoms with van der Waals surface area (Å²) in [6, 6.07) is 0. The third-order valence-electron chi connectivity index (χ3n) is 17.2. The maximum atomic E-state index is 12.9. The molecule has 0 saturated carbocycles. The topological polar surface area (TPSA) is 78.9 Å². The highest BCUT2D eigenvalue weighted by Crippen LogP contribution is 2.19. The average molecular weight is 1150 g/mol. The molecule has 0 radical (unpaired) electrons. The summed E-state index contributed by atoms with van der Waals surface area (Å²) >= 11 is 0. The van der Waals surface area contributed by atoms with Crippen molar-refractivity contribution in [2.75, 3.05) is 13.2 Å². The predicted molar refractivity (Wildman–Crippen MR) is 358 cm³/mol. The van der Waals surface area contributed by atoms with Crippen molar-refractivity contribution < 1.29 is 28.6 Å². The molecule has 82 heavy (non-hydrogen) atoms. The summed E-state index contributed by atoms with van der Waals surface area (Å²) in [7, 11) is 0. The lowest BCUT2D eigenvalue weighted by atomic mass is 10.0. The van der Waals surface area contributed by atoms with Crippen molar-refractivity contribution in [1.82, 2.24) is 0 Å². The largest absolute Gasteiger partial charge is 0.462 e. The average Bonchev–Trinajstić information content (AvgIpc) is 3.48. The number of ether oxygens (including phenoxy) is 3. The Hall–Kier alpha value is -2.11. The molecule has 6 heteroatoms. The van der Waals surface area contributed by atoms with Gasteiger partial charge in [0.25, 0.3) is 0 Å². The van der Waals surface area contributed by atoms with Crippen LogP contribution in [0.25, 0.3) is 0 Å². The monoisotopic (exact) mass is 1150 g/mol. The lowest BCUT2D eigenvalue weighted by molar-refractivity contribution is -0.167. The molecule has 0 heterocycles. The number of hydrogen-bond acceptors (Lipinski definition) is 6. The molecule has 0 bridgehead atoms. The molecule has 0 saturated heterocycles. The van der Waals surface area contributed by atoms with Gasteiger partial charge in [-0.1, -0.05) is 379 Å². The molecule has 1 atom stereocenters. The van der Waals surface area contributed by atoms with Crippen molar-refractivity contribution >= 4 is 17.9 Å². The minimum atomic E-state index is -0.766. The molecular weight excluding hydrogens is 1010 g/mol. The van der Waals surface area contributed by atoms with Crippen LogP contribution in [0.5, 0.6) is 0 Å². The summed E-state index contributed by atoms with van der Waals surface area (Å²) in [5.74, 6) is -0.837. The molecular formula is C76H144O6. The molecule has 0 rings (SSSR count). The van der Waals surface area contributed by atoms with Gasteiger partial charge in [0.2, 0.25) is 0 Å². The van der Waals surface area contributed by atoms with Crippen LogP contribution in [0.1, 0.15) is 425 Å². The summed E-state index contributed by atoms with van der Waals surface area (Å²) in [5, 5.41) is 0. The molecule has 0 aliphatic carbocycles. The quantitative estimate of drug-likeness (QED) is 0.0261. The van der Waals surface area contributed by atoms with Crippen LogP contribution in [0, 0.1) is 0 Å². The molecule has 0 N–H and O–H groups in total. The Morgan fingerprint density at radius 3 is 0.671 bits per heavy atom. The maximum Gasteiger partial charge on any atom is 0.306 e. The van der Waals surface area contributed by atoms with Crippen molar-refractivity contribution in [2.24, 2.45) is 0 Å². The van der Waals surface area contributed by atoms with Gasteiger partial charge >= 0.3 is 17.9 Å². The van der Waals surface area contributed by atoms with Crippen molar-refractivity contribution in [3.8, 4) is 0 Å². The van der Waals surface area contributed by atoms with E-state index in [1.807, 2.05) is 0 Å². The van der Waals surface area contributed by atoms with Crippen LogP contribution >= 0.6 is 0 Å². The normalized spacial score (nSPS) is 12.1. The highest BCUT2D eigenvalue weighted by atomic mass is 16.6. The van der Waals surface area contributed by atoms with Crippen LogP contribution in [0.4, 0.5) is 0 Å². The SMILES string of the molecule is CCCCCCC/C=C\C/C=C\CCCCCCCCCCCCCCCCCC(=O)OC(COC(=O)CCCCCCCCCC)COC(=O)CCCCCCCCCCCCCCCCCCCCCCCCCCCCCCC. The van der Waals surface area contributed by atoms with Gasteiger partial charge in [-0.05, 0) is 51.4 Å². The van der Waals surface area contributed by atoms with Gasteiger partial charge in [0.05, 0.1) is 0 Å². The van der Waals surface area contributed by atoms with Crippen molar-refractivity contribution in [3.63, 3.8) is 0 Å². The number of hydrogen-bond donors (Lipinski definition) is 0. The van der Waals surface area contributed by atoms with Gasteiger partial charge < -0.3 is 14.2 Å². The van der Waals surface area contributed by atoms with Gasteiger partial charge in [-0.2, -0.15) is 0 Å². The zero-order chi connectivity index (χ0) is 59.2. The van der Waals surface area contributed by atoms with E-state index in [1.54, 1.807) is 0 Å². The zero-order valence-corrected chi connectivity index (χ0v) is 55.8. The second-order valence-electron chi connectivity index (χ2n) is 25.6. The van der Waals surface area contributed by atoms with Crippen LogP contribution in [0.2, 0.25) is 0 Å². The van der Waals surface area contributed by atoms with E-state index >= 15 is 0 Å². The maximum absolute atomic E-state index is 12.9. The zero-order valence-electron chi connectivity index (χ0n) is 55.8. The Balaban J connectivity index is 4.02. The van der Waals surface area contributed by atoms with Gasteiger partial charge in [0.1, 0.15) is 13.2 Å². The molecule has 0 aliphatic rings. The molecule has 0 amide bonds. The van der Waals surface area contributed by atoms with E-state index in [4.69, 9.17) is 14.2 Å². The Kier molecular flexibility index (Phi) is 69.5. The van der Waals surface area contributed by atoms with Crippen molar-refractivity contribution in [3.05, 3.63) is 24.3 Å². The van der Waals surface area contributed by atoms with E-state index in [9.17, 15) is 14.4 Å². The third-order valence-corrected chi connectivity index (χ3v) is 17.2. The van der Waals surface area contributed by atoms with Crippen LogP contribution < -0.4 is 0 Å². The van der Waals surface area contributed by atoms with Crippen LogP contribution in [-0.4, -0.2) is 37.2 Å². The van der Waals surface area contributed by atoms with Crippen LogP contribution in [0.3, 0.4) is 0 Å². The van der Waals surface area contributed by atoms with Gasteiger partial charge in [-0.25, -0.2) is 0 Å². The highest BCUT2D eigenvalue weighted by Gasteiger charge is 2.20. The molecule has 0 fully saturated rings. The smallest absolute Gasteiger partial charge is 0.306 e. The first-order valence-electron chi connectivity index (χ1n) is 37.3. The Labute approximate surface area is 513 Å². The first-order chi connectivity index (χ1) is 40.5. The minimum Gasteiger partial charge on any atom is -0.462 e. The molecule has 1 unspecified atom stereocenters. The molecule has 0 aromatic heterocycles. The van der Waals surface area contributed by atoms with Crippen molar-refractivity contribution in [1.29, 1.82) is 0 Å². The Bertz CT molecular complexity index is 1320. The standard InChI is InChI=1S/C76H144O6/c1-4-7-10-13-16-19-21-23-25-27-29-31-33-35-37-38-40-41-43-45-47-49-51-53-55-57-60-63-66-69-75(78)81-72-73(71-80-74(77)68-65-62-59-18-15-12-9-6-3)82-76(79)70-67-64-61-58-56-54-52-50-48-46-44-42-39-36-34-32-30-28-26-24-22-20-17-14-11-8-5-2/h22,24,28,30,73H,4-21,23,25-27,29,31-72H2,1-3H3/b24-22-,30-28-. The molecule has 6 nitrogen and oxygen atoms in total. The number of unbranched alkanes of at least 4 members (excludes halogenated alkanes) is 55. The summed E-state index contributed by atoms with van der Waals surface area (Å²) in [6.45, 7) is 6.68. The fourth-order valence-corrected chi connectivity index (χ4v) is 11.6. The summed E-state index contributed by atoms with van der Waals surface area (Å²) in [5.41, 5.74) is 0. The lowest BCUT2D eigenvalue weighted by Gasteiger charge is -2.18. The fraction of sp³-hybridized carbons (Fsp3) is 0.908. The minimum absolute atomic E-state index is 0.0643. The number of carbonyl (C=O) groups excluding carboxylic acids is 3. The van der Waals surface area contributed by atoms with Crippen LogP contribution in [0.15, 0.2) is 24.3 Å². The Morgan fingerprint density at radius 2 is 0.439 bits per heavy atom. The first-order valence-corrected chi connectivity index (χ1v) is 37.3. The lowest BCUT2D eigenvalue weighted by Crippen LogP contribution is -2.30. The first kappa shape index (κ1) is 79.9. The van der Waals surface area contributed by atoms with Gasteiger partial charge in [0, 0.05) is 19.3 Å². The van der Waals surface area contributed by atoms with E-state index in [-0.39, 0.29) is 31.1 Å². The van der Waals surface area contributed by atoms with Crippen LogP contribution in [-0.2, 0) is 28.6 Å². The van der Waals surface area contributed by atoms with E-state index < -0.39 is 6.10 Å². The number of rotatable bonds is 70. The molecule has 0 aromatic rings. The summed E-state index contributed by atoms with van der Waals surface area (Å²) < 4.78 is 16.9. The molecule has 0 aromatic carbocycles. The summed E-state index contributed by atoms with van der Waals surface area (Å²) in [6.07, 6.45) is 88.3. The van der Waals surface area contributed by atoms with E-state index in [0.717, 1.165) is 64.2 Å². The predicted octanol–water partition coefficient (Wildman–Crippen LogP) is 25.7. The second-order valence-corrected chi connectivity index (χ2v) is 25.6. The third kappa shape index (κ3) is 68.7. The van der Waals surface area contributed by atoms with Crippen molar-refractivity contribution in [2.45, 2.75) is 431 Å². The molecule has 0 aliphatic heterocycles. The van der Waals surface area contributed by atoms with E-state index in [0.29, 0.717) is 19.3 Å². The molecule has 484 valence electrons.